The van der Waals surface area contributed by atoms with Crippen molar-refractivity contribution in [2.45, 2.75) is 18.9 Å². The van der Waals surface area contributed by atoms with Crippen LogP contribution in [0.15, 0.2) is 18.2 Å². The van der Waals surface area contributed by atoms with Crippen molar-refractivity contribution < 1.29 is 43.3 Å². The van der Waals surface area contributed by atoms with Gasteiger partial charge < -0.3 is 29.5 Å². The molecule has 3 aliphatic heterocycles. The van der Waals surface area contributed by atoms with Gasteiger partial charge in [0.15, 0.2) is 0 Å². The first-order valence-corrected chi connectivity index (χ1v) is 13.4. The zero-order chi connectivity index (χ0) is 28.5. The number of nitrogens with zero attached hydrogens (tertiary/aromatic N) is 3. The molecule has 0 aromatic heterocycles. The summed E-state index contributed by atoms with van der Waals surface area (Å²) in [6.07, 6.45) is -0.700. The highest BCUT2D eigenvalue weighted by Crippen LogP contribution is 2.32. The Morgan fingerprint density at radius 3 is 2.27 bits per heavy atom. The van der Waals surface area contributed by atoms with Gasteiger partial charge in [-0.1, -0.05) is 6.07 Å². The molecule has 3 N–H and O–H groups in total. The lowest BCUT2D eigenvalue weighted by molar-refractivity contribution is -0.136. The number of carbonyl (C=O) groups excluding carboxylic acids is 4. The third-order valence-corrected chi connectivity index (χ3v) is 6.97. The van der Waals surface area contributed by atoms with Crippen LogP contribution in [0.3, 0.4) is 0 Å². The number of piperidine rings is 1. The fourth-order valence-corrected chi connectivity index (χ4v) is 4.82. The van der Waals surface area contributed by atoms with Crippen LogP contribution in [0.25, 0.3) is 0 Å². The smallest absolute Gasteiger partial charge is 0.407 e. The van der Waals surface area contributed by atoms with Crippen LogP contribution in [-0.4, -0.2) is 134 Å². The van der Waals surface area contributed by atoms with E-state index in [9.17, 15) is 24.0 Å². The summed E-state index contributed by atoms with van der Waals surface area (Å²) in [5.41, 5.74) is 0.909. The Labute approximate surface area is 231 Å². The standard InChI is InChI=1S/C26H35N5O9/c32-21-5-4-20(23(33)28-21)31-24(34)18-2-1-3-19(22(18)25(31)35)27-6-12-38-14-16-40-17-15-39-13-11-29-7-9-30(10-8-29)26(36)37/h1-3,20,27H,4-17H2,(H,36,37)(H,28,32,33). The molecule has 2 saturated heterocycles. The largest absolute Gasteiger partial charge is 0.465 e. The van der Waals surface area contributed by atoms with Crippen LogP contribution in [0.2, 0.25) is 0 Å². The maximum atomic E-state index is 13.1. The van der Waals surface area contributed by atoms with E-state index in [1.54, 1.807) is 18.2 Å². The Hall–Kier alpha value is -3.59. The second kappa shape index (κ2) is 14.2. The highest BCUT2D eigenvalue weighted by molar-refractivity contribution is 6.25. The van der Waals surface area contributed by atoms with E-state index >= 15 is 0 Å². The molecule has 40 heavy (non-hydrogen) atoms. The van der Waals surface area contributed by atoms with E-state index in [0.717, 1.165) is 11.4 Å². The van der Waals surface area contributed by atoms with Crippen molar-refractivity contribution in [3.05, 3.63) is 29.3 Å². The Morgan fingerprint density at radius 2 is 1.60 bits per heavy atom. The summed E-state index contributed by atoms with van der Waals surface area (Å²) in [5, 5.41) is 14.3. The van der Waals surface area contributed by atoms with Gasteiger partial charge in [-0.2, -0.15) is 0 Å². The SMILES string of the molecule is O=C1CCC(N2C(=O)c3cccc(NCCOCCOCCOCCN4CCN(C(=O)O)CC4)c3C2=O)C(=O)N1. The number of fused-ring (bicyclic) bond motifs is 1. The van der Waals surface area contributed by atoms with Gasteiger partial charge in [-0.3, -0.25) is 34.3 Å². The second-order valence-corrected chi connectivity index (χ2v) is 9.55. The van der Waals surface area contributed by atoms with Crippen molar-refractivity contribution in [3.63, 3.8) is 0 Å². The lowest BCUT2D eigenvalue weighted by Crippen LogP contribution is -2.54. The molecule has 1 aromatic rings. The summed E-state index contributed by atoms with van der Waals surface area (Å²) >= 11 is 0. The number of amides is 5. The van der Waals surface area contributed by atoms with E-state index in [2.05, 4.69) is 15.5 Å². The van der Waals surface area contributed by atoms with Crippen LogP contribution >= 0.6 is 0 Å². The summed E-state index contributed by atoms with van der Waals surface area (Å²) in [6, 6.07) is 3.90. The molecule has 1 atom stereocenters. The van der Waals surface area contributed by atoms with Gasteiger partial charge in [-0.05, 0) is 18.6 Å². The summed E-state index contributed by atoms with van der Waals surface area (Å²) in [6.45, 7) is 6.16. The second-order valence-electron chi connectivity index (χ2n) is 9.55. The molecule has 4 rings (SSSR count). The molecular formula is C26H35N5O9. The number of imide groups is 2. The molecule has 3 aliphatic rings. The Bertz CT molecular complexity index is 1110. The molecular weight excluding hydrogens is 526 g/mol. The molecule has 1 unspecified atom stereocenters. The van der Waals surface area contributed by atoms with Gasteiger partial charge in [0.1, 0.15) is 6.04 Å². The van der Waals surface area contributed by atoms with Crippen LogP contribution in [0.5, 0.6) is 0 Å². The number of ether oxygens (including phenoxy) is 3. The molecule has 0 saturated carbocycles. The van der Waals surface area contributed by atoms with Gasteiger partial charge in [0.25, 0.3) is 11.8 Å². The fourth-order valence-electron chi connectivity index (χ4n) is 4.82. The van der Waals surface area contributed by atoms with Crippen molar-refractivity contribution in [2.24, 2.45) is 0 Å². The van der Waals surface area contributed by atoms with Crippen molar-refractivity contribution in [2.75, 3.05) is 84.2 Å². The molecule has 0 spiro atoms. The van der Waals surface area contributed by atoms with Crippen LogP contribution in [-0.2, 0) is 23.8 Å². The van der Waals surface area contributed by atoms with E-state index in [1.807, 2.05) is 0 Å². The van der Waals surface area contributed by atoms with Gasteiger partial charge in [0.05, 0.1) is 50.8 Å². The van der Waals surface area contributed by atoms with E-state index in [-0.39, 0.29) is 24.0 Å². The molecule has 1 aromatic carbocycles. The summed E-state index contributed by atoms with van der Waals surface area (Å²) in [7, 11) is 0. The summed E-state index contributed by atoms with van der Waals surface area (Å²) in [4.78, 5) is 65.1. The van der Waals surface area contributed by atoms with Gasteiger partial charge in [0, 0.05) is 51.4 Å². The van der Waals surface area contributed by atoms with Crippen molar-refractivity contribution >= 4 is 35.4 Å². The maximum absolute atomic E-state index is 13.1. The molecule has 3 heterocycles. The average molecular weight is 562 g/mol. The summed E-state index contributed by atoms with van der Waals surface area (Å²) in [5.74, 6) is -2.17. The van der Waals surface area contributed by atoms with Crippen molar-refractivity contribution in [1.82, 2.24) is 20.0 Å². The molecule has 2 fully saturated rings. The predicted molar refractivity (Wildman–Crippen MR) is 140 cm³/mol. The first-order chi connectivity index (χ1) is 19.4. The minimum Gasteiger partial charge on any atom is -0.465 e. The van der Waals surface area contributed by atoms with E-state index < -0.39 is 35.8 Å². The number of benzene rings is 1. The minimum atomic E-state index is -1.01. The van der Waals surface area contributed by atoms with E-state index in [4.69, 9.17) is 19.3 Å². The normalized spacial score (nSPS) is 19.6. The molecule has 14 nitrogen and oxygen atoms in total. The monoisotopic (exact) mass is 561 g/mol. The summed E-state index contributed by atoms with van der Waals surface area (Å²) < 4.78 is 16.6. The number of anilines is 1. The molecule has 14 heteroatoms. The number of rotatable bonds is 14. The molecule has 0 aliphatic carbocycles. The zero-order valence-corrected chi connectivity index (χ0v) is 22.3. The number of piperazine rings is 1. The Kier molecular flexibility index (Phi) is 10.4. The highest BCUT2D eigenvalue weighted by Gasteiger charge is 2.45. The molecule has 0 bridgehead atoms. The lowest BCUT2D eigenvalue weighted by atomic mass is 10.0. The van der Waals surface area contributed by atoms with Gasteiger partial charge >= 0.3 is 6.09 Å². The number of carbonyl (C=O) groups is 5. The highest BCUT2D eigenvalue weighted by atomic mass is 16.5. The zero-order valence-electron chi connectivity index (χ0n) is 22.3. The topological polar surface area (TPSA) is 167 Å². The van der Waals surface area contributed by atoms with Gasteiger partial charge in [0.2, 0.25) is 11.8 Å². The van der Waals surface area contributed by atoms with Crippen LogP contribution in [0, 0.1) is 0 Å². The first kappa shape index (κ1) is 29.4. The molecule has 218 valence electrons. The predicted octanol–water partition coefficient (Wildman–Crippen LogP) is -0.155. The van der Waals surface area contributed by atoms with Gasteiger partial charge in [-0.25, -0.2) is 4.79 Å². The van der Waals surface area contributed by atoms with Crippen LogP contribution in [0.4, 0.5) is 10.5 Å². The number of hydrogen-bond donors (Lipinski definition) is 3. The van der Waals surface area contributed by atoms with Gasteiger partial charge in [-0.15, -0.1) is 0 Å². The molecule has 5 amide bonds. The van der Waals surface area contributed by atoms with Crippen molar-refractivity contribution in [3.8, 4) is 0 Å². The van der Waals surface area contributed by atoms with Crippen LogP contribution < -0.4 is 10.6 Å². The number of hydrogen-bond acceptors (Lipinski definition) is 10. The Balaban J connectivity index is 1.06. The quantitative estimate of drug-likeness (QED) is 0.204. The van der Waals surface area contributed by atoms with E-state index in [1.165, 1.54) is 4.90 Å². The maximum Gasteiger partial charge on any atom is 0.407 e. The first-order valence-electron chi connectivity index (χ1n) is 13.4. The van der Waals surface area contributed by atoms with Crippen molar-refractivity contribution in [1.29, 1.82) is 0 Å². The minimum absolute atomic E-state index is 0.0678. The number of carboxylic acid groups (broad SMARTS) is 1. The Morgan fingerprint density at radius 1 is 0.925 bits per heavy atom. The third-order valence-electron chi connectivity index (χ3n) is 6.97. The average Bonchev–Trinajstić information content (AvgIpc) is 3.19. The third kappa shape index (κ3) is 7.33. The van der Waals surface area contributed by atoms with E-state index in [0.29, 0.717) is 78.1 Å². The number of nitrogens with one attached hydrogen (secondary N) is 2. The fraction of sp³-hybridized carbons (Fsp3) is 0.577. The lowest BCUT2D eigenvalue weighted by Gasteiger charge is -2.32. The van der Waals surface area contributed by atoms with Crippen LogP contribution in [0.1, 0.15) is 33.6 Å². The molecule has 0 radical (unpaired) electrons.